The van der Waals surface area contributed by atoms with Crippen molar-refractivity contribution in [2.75, 3.05) is 22.9 Å². The Morgan fingerprint density at radius 1 is 1.08 bits per heavy atom. The number of anilines is 2. The highest BCUT2D eigenvalue weighted by Gasteiger charge is 2.39. The molecule has 2 aliphatic heterocycles. The van der Waals surface area contributed by atoms with Gasteiger partial charge in [-0.05, 0) is 77.9 Å². The van der Waals surface area contributed by atoms with Crippen molar-refractivity contribution in [1.82, 2.24) is 0 Å². The second kappa shape index (κ2) is 6.44. The number of hydrogen-bond donors (Lipinski definition) is 0. The van der Waals surface area contributed by atoms with E-state index in [4.69, 9.17) is 0 Å². The monoisotopic (exact) mass is 472 g/mol. The number of nitrogens with zero attached hydrogens (tertiary/aromatic N) is 2. The highest BCUT2D eigenvalue weighted by molar-refractivity contribution is 14.1. The van der Waals surface area contributed by atoms with Crippen LogP contribution in [0.1, 0.15) is 28.8 Å². The van der Waals surface area contributed by atoms with Gasteiger partial charge in [0, 0.05) is 28.3 Å². The topological polar surface area (TPSA) is 23.6 Å². The van der Waals surface area contributed by atoms with E-state index in [0.717, 1.165) is 35.1 Å². The molecular formula is C19H16F3IN2O. The standard InChI is InChI=1S/C19H16F3IN2O/c20-19(21,22)13-5-8-16-17(10-13)25(11-15-2-1-9-24(15)16)18(26)12-3-6-14(23)7-4-12/h3-8,10,15H,1-2,9,11H2/t15-/m1/s1. The molecule has 3 nitrogen and oxygen atoms in total. The molecule has 1 atom stereocenters. The molecule has 0 saturated carbocycles. The van der Waals surface area contributed by atoms with Crippen LogP contribution in [0.15, 0.2) is 42.5 Å². The highest BCUT2D eigenvalue weighted by Crippen LogP contribution is 2.43. The van der Waals surface area contributed by atoms with E-state index in [1.807, 2.05) is 12.1 Å². The lowest BCUT2D eigenvalue weighted by molar-refractivity contribution is -0.137. The van der Waals surface area contributed by atoms with Gasteiger partial charge >= 0.3 is 6.18 Å². The van der Waals surface area contributed by atoms with Crippen LogP contribution in [0.25, 0.3) is 0 Å². The Kier molecular flexibility index (Phi) is 4.37. The Bertz CT molecular complexity index is 851. The average Bonchev–Trinajstić information content (AvgIpc) is 3.08. The van der Waals surface area contributed by atoms with Crippen molar-refractivity contribution in [1.29, 1.82) is 0 Å². The summed E-state index contributed by atoms with van der Waals surface area (Å²) in [5.74, 6) is -0.256. The Labute approximate surface area is 162 Å². The third-order valence-corrected chi connectivity index (χ3v) is 5.73. The molecule has 2 aliphatic rings. The first-order chi connectivity index (χ1) is 12.3. The molecule has 0 N–H and O–H groups in total. The van der Waals surface area contributed by atoms with Crippen LogP contribution in [0.5, 0.6) is 0 Å². The first-order valence-electron chi connectivity index (χ1n) is 8.40. The number of hydrogen-bond acceptors (Lipinski definition) is 2. The van der Waals surface area contributed by atoms with Crippen LogP contribution in [0, 0.1) is 3.57 Å². The number of fused-ring (bicyclic) bond motifs is 3. The highest BCUT2D eigenvalue weighted by atomic mass is 127. The second-order valence-electron chi connectivity index (χ2n) is 6.61. The van der Waals surface area contributed by atoms with Crippen LogP contribution in [0.4, 0.5) is 24.5 Å². The zero-order chi connectivity index (χ0) is 18.5. The van der Waals surface area contributed by atoms with E-state index in [2.05, 4.69) is 27.5 Å². The van der Waals surface area contributed by atoms with E-state index < -0.39 is 11.7 Å². The first kappa shape index (κ1) is 17.6. The summed E-state index contributed by atoms with van der Waals surface area (Å²) in [7, 11) is 0. The summed E-state index contributed by atoms with van der Waals surface area (Å²) in [6, 6.07) is 11.0. The lowest BCUT2D eigenvalue weighted by Crippen LogP contribution is -2.48. The molecule has 0 unspecified atom stereocenters. The average molecular weight is 472 g/mol. The summed E-state index contributed by atoms with van der Waals surface area (Å²) >= 11 is 2.15. The van der Waals surface area contributed by atoms with Gasteiger partial charge in [0.15, 0.2) is 0 Å². The quantitative estimate of drug-likeness (QED) is 0.550. The van der Waals surface area contributed by atoms with Crippen LogP contribution in [0.2, 0.25) is 0 Å². The van der Waals surface area contributed by atoms with Gasteiger partial charge in [-0.15, -0.1) is 0 Å². The van der Waals surface area contributed by atoms with Gasteiger partial charge in [0.05, 0.1) is 16.9 Å². The molecular weight excluding hydrogens is 456 g/mol. The van der Waals surface area contributed by atoms with Gasteiger partial charge in [-0.25, -0.2) is 0 Å². The number of carbonyl (C=O) groups is 1. The molecule has 136 valence electrons. The minimum Gasteiger partial charge on any atom is -0.365 e. The van der Waals surface area contributed by atoms with Crippen molar-refractivity contribution in [2.45, 2.75) is 25.1 Å². The molecule has 1 saturated heterocycles. The summed E-state index contributed by atoms with van der Waals surface area (Å²) in [4.78, 5) is 16.7. The molecule has 2 aromatic carbocycles. The smallest absolute Gasteiger partial charge is 0.365 e. The molecule has 0 spiro atoms. The van der Waals surface area contributed by atoms with E-state index >= 15 is 0 Å². The summed E-state index contributed by atoms with van der Waals surface area (Å²) in [5, 5.41) is 0. The fourth-order valence-corrected chi connectivity index (χ4v) is 4.11. The zero-order valence-corrected chi connectivity index (χ0v) is 15.9. The van der Waals surface area contributed by atoms with E-state index in [1.165, 1.54) is 11.0 Å². The maximum absolute atomic E-state index is 13.2. The van der Waals surface area contributed by atoms with Gasteiger partial charge in [-0.1, -0.05) is 0 Å². The summed E-state index contributed by atoms with van der Waals surface area (Å²) in [6.07, 6.45) is -2.51. The third-order valence-electron chi connectivity index (χ3n) is 5.01. The van der Waals surface area contributed by atoms with Gasteiger partial charge < -0.3 is 9.80 Å². The van der Waals surface area contributed by atoms with E-state index in [0.29, 0.717) is 23.5 Å². The van der Waals surface area contributed by atoms with Gasteiger partial charge in [0.1, 0.15) is 0 Å². The van der Waals surface area contributed by atoms with Crippen LogP contribution >= 0.6 is 22.6 Å². The van der Waals surface area contributed by atoms with Crippen LogP contribution < -0.4 is 9.80 Å². The molecule has 0 aliphatic carbocycles. The van der Waals surface area contributed by atoms with Crippen LogP contribution in [0.3, 0.4) is 0 Å². The summed E-state index contributed by atoms with van der Waals surface area (Å²) in [5.41, 5.74) is 0.821. The summed E-state index contributed by atoms with van der Waals surface area (Å²) in [6.45, 7) is 1.23. The number of rotatable bonds is 1. The van der Waals surface area contributed by atoms with Crippen molar-refractivity contribution in [2.24, 2.45) is 0 Å². The predicted octanol–water partition coefficient (Wildman–Crippen LogP) is 4.94. The van der Waals surface area contributed by atoms with Gasteiger partial charge in [-0.3, -0.25) is 4.79 Å². The number of alkyl halides is 3. The molecule has 2 aromatic rings. The Balaban J connectivity index is 1.79. The van der Waals surface area contributed by atoms with Crippen molar-refractivity contribution < 1.29 is 18.0 Å². The third kappa shape index (κ3) is 3.06. The Hall–Kier alpha value is -1.77. The SMILES string of the molecule is O=C(c1ccc(I)cc1)N1C[C@H]2CCCN2c2ccc(C(F)(F)F)cc21. The van der Waals surface area contributed by atoms with Crippen LogP contribution in [-0.2, 0) is 6.18 Å². The second-order valence-corrected chi connectivity index (χ2v) is 7.86. The maximum Gasteiger partial charge on any atom is 0.416 e. The fourth-order valence-electron chi connectivity index (χ4n) is 3.75. The molecule has 26 heavy (non-hydrogen) atoms. The van der Waals surface area contributed by atoms with Gasteiger partial charge in [-0.2, -0.15) is 13.2 Å². The van der Waals surface area contributed by atoms with Gasteiger partial charge in [0.2, 0.25) is 0 Å². The largest absolute Gasteiger partial charge is 0.416 e. The van der Waals surface area contributed by atoms with Crippen molar-refractivity contribution in [3.8, 4) is 0 Å². The fraction of sp³-hybridized carbons (Fsp3) is 0.316. The van der Waals surface area contributed by atoms with E-state index in [1.54, 1.807) is 12.1 Å². The minimum atomic E-state index is -4.44. The zero-order valence-electron chi connectivity index (χ0n) is 13.8. The summed E-state index contributed by atoms with van der Waals surface area (Å²) < 4.78 is 40.6. The Morgan fingerprint density at radius 2 is 1.81 bits per heavy atom. The van der Waals surface area contributed by atoms with Crippen molar-refractivity contribution >= 4 is 39.9 Å². The number of halogens is 4. The van der Waals surface area contributed by atoms with Crippen molar-refractivity contribution in [3.63, 3.8) is 0 Å². The molecule has 1 amide bonds. The number of benzene rings is 2. The molecule has 2 heterocycles. The molecule has 1 fully saturated rings. The molecule has 0 aromatic heterocycles. The lowest BCUT2D eigenvalue weighted by atomic mass is 10.0. The first-order valence-corrected chi connectivity index (χ1v) is 9.48. The number of carbonyl (C=O) groups excluding carboxylic acids is 1. The Morgan fingerprint density at radius 3 is 2.50 bits per heavy atom. The van der Waals surface area contributed by atoms with Gasteiger partial charge in [0.25, 0.3) is 5.91 Å². The molecule has 0 bridgehead atoms. The maximum atomic E-state index is 13.2. The predicted molar refractivity (Wildman–Crippen MR) is 103 cm³/mol. The van der Waals surface area contributed by atoms with E-state index in [-0.39, 0.29) is 11.9 Å². The molecule has 0 radical (unpaired) electrons. The van der Waals surface area contributed by atoms with Crippen molar-refractivity contribution in [3.05, 3.63) is 57.2 Å². The molecule has 7 heteroatoms. The van der Waals surface area contributed by atoms with E-state index in [9.17, 15) is 18.0 Å². The number of amides is 1. The van der Waals surface area contributed by atoms with Crippen LogP contribution in [-0.4, -0.2) is 25.0 Å². The minimum absolute atomic E-state index is 0.159. The lowest BCUT2D eigenvalue weighted by Gasteiger charge is -2.40. The molecule has 4 rings (SSSR count). The normalized spacial score (nSPS) is 19.3.